The second-order valence-corrected chi connectivity index (χ2v) is 11.9. The predicted molar refractivity (Wildman–Crippen MR) is 149 cm³/mol. The third-order valence-electron chi connectivity index (χ3n) is 6.84. The van der Waals surface area contributed by atoms with Crippen LogP contribution < -0.4 is 9.62 Å². The molecule has 1 aliphatic carbocycles. The molecule has 3 aromatic carbocycles. The zero-order valence-electron chi connectivity index (χ0n) is 21.6. The van der Waals surface area contributed by atoms with Gasteiger partial charge in [0.05, 0.1) is 10.6 Å². The van der Waals surface area contributed by atoms with E-state index in [0.717, 1.165) is 42.1 Å². The van der Waals surface area contributed by atoms with E-state index in [4.69, 9.17) is 11.6 Å². The SMILES string of the molecule is CC(C(=O)NC1CCCC1)N(Cc1cccc(Cl)c1)C(=O)CN(c1ccc(F)cc1)S(=O)(=O)c1ccccc1. The highest BCUT2D eigenvalue weighted by Crippen LogP contribution is 2.25. The minimum atomic E-state index is -4.20. The standard InChI is InChI=1S/C29H31ClFN3O4S/c1-21(29(36)32-25-10-5-6-11-25)33(19-22-8-7-9-23(30)18-22)28(35)20-34(26-16-14-24(31)15-17-26)39(37,38)27-12-3-2-4-13-27/h2-4,7-9,12-18,21,25H,5-6,10-11,19-20H2,1H3,(H,32,36). The van der Waals surface area contributed by atoms with Gasteiger partial charge >= 0.3 is 0 Å². The summed E-state index contributed by atoms with van der Waals surface area (Å²) in [5.41, 5.74) is 0.815. The number of sulfonamides is 1. The van der Waals surface area contributed by atoms with Crippen molar-refractivity contribution in [2.45, 2.75) is 56.1 Å². The first kappa shape index (κ1) is 28.6. The van der Waals surface area contributed by atoms with Crippen molar-refractivity contribution in [2.75, 3.05) is 10.8 Å². The van der Waals surface area contributed by atoms with E-state index in [-0.39, 0.29) is 29.1 Å². The van der Waals surface area contributed by atoms with Crippen molar-refractivity contribution in [2.24, 2.45) is 0 Å². The number of rotatable bonds is 10. The van der Waals surface area contributed by atoms with Gasteiger partial charge in [-0.15, -0.1) is 0 Å². The molecule has 0 bridgehead atoms. The number of anilines is 1. The Labute approximate surface area is 233 Å². The van der Waals surface area contributed by atoms with Crippen LogP contribution in [-0.4, -0.2) is 43.8 Å². The van der Waals surface area contributed by atoms with Gasteiger partial charge in [-0.1, -0.05) is 54.8 Å². The minimum absolute atomic E-state index is 0.0180. The smallest absolute Gasteiger partial charge is 0.264 e. The monoisotopic (exact) mass is 571 g/mol. The molecule has 0 radical (unpaired) electrons. The van der Waals surface area contributed by atoms with E-state index in [9.17, 15) is 22.4 Å². The van der Waals surface area contributed by atoms with Gasteiger partial charge in [-0.3, -0.25) is 13.9 Å². The van der Waals surface area contributed by atoms with Crippen LogP contribution in [-0.2, 0) is 26.2 Å². The normalized spacial score (nSPS) is 14.5. The molecule has 3 aromatic rings. The van der Waals surface area contributed by atoms with Crippen molar-refractivity contribution in [3.8, 4) is 0 Å². The second kappa shape index (κ2) is 12.6. The predicted octanol–water partition coefficient (Wildman–Crippen LogP) is 5.15. The van der Waals surface area contributed by atoms with Gasteiger partial charge in [-0.25, -0.2) is 12.8 Å². The lowest BCUT2D eigenvalue weighted by Crippen LogP contribution is -2.52. The molecule has 2 amide bonds. The van der Waals surface area contributed by atoms with Gasteiger partial charge in [0.15, 0.2) is 0 Å². The maximum Gasteiger partial charge on any atom is 0.264 e. The molecule has 39 heavy (non-hydrogen) atoms. The number of nitrogens with one attached hydrogen (secondary N) is 1. The second-order valence-electron chi connectivity index (χ2n) is 9.62. The fraction of sp³-hybridized carbons (Fsp3) is 0.310. The van der Waals surface area contributed by atoms with Gasteiger partial charge in [-0.2, -0.15) is 0 Å². The summed E-state index contributed by atoms with van der Waals surface area (Å²) in [7, 11) is -4.20. The largest absolute Gasteiger partial charge is 0.352 e. The third-order valence-corrected chi connectivity index (χ3v) is 8.86. The van der Waals surface area contributed by atoms with Crippen LogP contribution in [0.25, 0.3) is 0 Å². The molecule has 1 unspecified atom stereocenters. The summed E-state index contributed by atoms with van der Waals surface area (Å²) in [6, 6.07) is 18.7. The van der Waals surface area contributed by atoms with Crippen LogP contribution in [0.15, 0.2) is 83.8 Å². The van der Waals surface area contributed by atoms with Crippen LogP contribution in [0.1, 0.15) is 38.2 Å². The molecule has 1 fully saturated rings. The first-order valence-corrected chi connectivity index (χ1v) is 14.6. The number of amides is 2. The molecule has 206 valence electrons. The van der Waals surface area contributed by atoms with E-state index < -0.39 is 34.3 Å². The van der Waals surface area contributed by atoms with Crippen LogP contribution in [0.3, 0.4) is 0 Å². The van der Waals surface area contributed by atoms with Crippen LogP contribution in [0, 0.1) is 5.82 Å². The summed E-state index contributed by atoms with van der Waals surface area (Å²) in [6.07, 6.45) is 3.84. The molecule has 4 rings (SSSR count). The molecule has 10 heteroatoms. The van der Waals surface area contributed by atoms with Crippen molar-refractivity contribution in [1.82, 2.24) is 10.2 Å². The molecule has 0 heterocycles. The summed E-state index contributed by atoms with van der Waals surface area (Å²) in [6.45, 7) is 1.08. The van der Waals surface area contributed by atoms with Gasteiger partial charge in [0.25, 0.3) is 10.0 Å². The van der Waals surface area contributed by atoms with Crippen LogP contribution in [0.4, 0.5) is 10.1 Å². The Balaban J connectivity index is 1.67. The maximum absolute atomic E-state index is 13.9. The summed E-state index contributed by atoms with van der Waals surface area (Å²) >= 11 is 6.17. The molecule has 0 spiro atoms. The maximum atomic E-state index is 13.9. The first-order chi connectivity index (χ1) is 18.6. The molecule has 1 atom stereocenters. The first-order valence-electron chi connectivity index (χ1n) is 12.8. The topological polar surface area (TPSA) is 86.8 Å². The zero-order valence-corrected chi connectivity index (χ0v) is 23.2. The summed E-state index contributed by atoms with van der Waals surface area (Å²) in [5, 5.41) is 3.50. The van der Waals surface area contributed by atoms with Crippen molar-refractivity contribution in [1.29, 1.82) is 0 Å². The van der Waals surface area contributed by atoms with E-state index in [0.29, 0.717) is 10.6 Å². The van der Waals surface area contributed by atoms with Gasteiger partial charge in [0.1, 0.15) is 18.4 Å². The molecule has 7 nitrogen and oxygen atoms in total. The summed E-state index contributed by atoms with van der Waals surface area (Å²) in [4.78, 5) is 28.4. The quantitative estimate of drug-likeness (QED) is 0.365. The summed E-state index contributed by atoms with van der Waals surface area (Å²) in [5.74, 6) is -1.44. The van der Waals surface area contributed by atoms with Gasteiger partial charge in [0, 0.05) is 17.6 Å². The highest BCUT2D eigenvalue weighted by atomic mass is 35.5. The van der Waals surface area contributed by atoms with Crippen LogP contribution in [0.5, 0.6) is 0 Å². The molecule has 1 saturated carbocycles. The average Bonchev–Trinajstić information content (AvgIpc) is 3.44. The Morgan fingerprint density at radius 1 is 1.00 bits per heavy atom. The van der Waals surface area contributed by atoms with Crippen LogP contribution >= 0.6 is 11.6 Å². The Morgan fingerprint density at radius 2 is 1.67 bits per heavy atom. The fourth-order valence-corrected chi connectivity index (χ4v) is 6.31. The van der Waals surface area contributed by atoms with E-state index in [1.165, 1.54) is 29.2 Å². The molecular weight excluding hydrogens is 541 g/mol. The van der Waals surface area contributed by atoms with Crippen molar-refractivity contribution < 1.29 is 22.4 Å². The Morgan fingerprint density at radius 3 is 2.31 bits per heavy atom. The minimum Gasteiger partial charge on any atom is -0.352 e. The van der Waals surface area contributed by atoms with Crippen LogP contribution in [0.2, 0.25) is 5.02 Å². The molecule has 1 aliphatic rings. The van der Waals surface area contributed by atoms with E-state index >= 15 is 0 Å². The van der Waals surface area contributed by atoms with E-state index in [1.807, 2.05) is 0 Å². The average molecular weight is 572 g/mol. The Kier molecular flexibility index (Phi) is 9.24. The van der Waals surface area contributed by atoms with Gasteiger partial charge in [-0.05, 0) is 73.9 Å². The molecule has 0 aromatic heterocycles. The highest BCUT2D eigenvalue weighted by molar-refractivity contribution is 7.92. The van der Waals surface area contributed by atoms with Crippen molar-refractivity contribution in [3.05, 3.63) is 95.3 Å². The number of hydrogen-bond donors (Lipinski definition) is 1. The number of carbonyl (C=O) groups is 2. The Hall–Kier alpha value is -3.43. The van der Waals surface area contributed by atoms with Gasteiger partial charge in [0.2, 0.25) is 11.8 Å². The van der Waals surface area contributed by atoms with Gasteiger partial charge < -0.3 is 10.2 Å². The number of carbonyl (C=O) groups excluding carboxylic acids is 2. The van der Waals surface area contributed by atoms with E-state index in [2.05, 4.69) is 5.32 Å². The molecule has 0 saturated heterocycles. The lowest BCUT2D eigenvalue weighted by atomic mass is 10.1. The fourth-order valence-electron chi connectivity index (χ4n) is 4.66. The summed E-state index contributed by atoms with van der Waals surface area (Å²) < 4.78 is 42.0. The number of hydrogen-bond acceptors (Lipinski definition) is 4. The number of benzene rings is 3. The number of halogens is 2. The highest BCUT2D eigenvalue weighted by Gasteiger charge is 2.33. The molecule has 1 N–H and O–H groups in total. The molecular formula is C29H31ClFN3O4S. The molecule has 0 aliphatic heterocycles. The third kappa shape index (κ3) is 7.16. The van der Waals surface area contributed by atoms with E-state index in [1.54, 1.807) is 49.4 Å². The number of nitrogens with zero attached hydrogens (tertiary/aromatic N) is 2. The van der Waals surface area contributed by atoms with Crippen molar-refractivity contribution in [3.63, 3.8) is 0 Å². The zero-order chi connectivity index (χ0) is 28.0. The lowest BCUT2D eigenvalue weighted by molar-refractivity contribution is -0.139. The lowest BCUT2D eigenvalue weighted by Gasteiger charge is -2.32. The Bertz CT molecular complexity index is 1400. The van der Waals surface area contributed by atoms with Crippen molar-refractivity contribution >= 4 is 39.1 Å².